The van der Waals surface area contributed by atoms with Crippen molar-refractivity contribution < 1.29 is 49.4 Å². The highest BCUT2D eigenvalue weighted by Crippen LogP contribution is 2.44. The van der Waals surface area contributed by atoms with E-state index in [9.17, 15) is 44.7 Å². The summed E-state index contributed by atoms with van der Waals surface area (Å²) < 4.78 is 102. The zero-order chi connectivity index (χ0) is 52.8. The summed E-state index contributed by atoms with van der Waals surface area (Å²) in [5.74, 6) is -0.833. The molecule has 0 aromatic heterocycles. The molecule has 3 aliphatic rings. The first-order valence-corrected chi connectivity index (χ1v) is 28.6. The number of rotatable bonds is 17. The van der Waals surface area contributed by atoms with E-state index in [4.69, 9.17) is 16.3 Å². The number of carbonyl (C=O) groups excluding carboxylic acids is 2. The van der Waals surface area contributed by atoms with Gasteiger partial charge in [-0.25, -0.2) is 26.4 Å². The van der Waals surface area contributed by atoms with Gasteiger partial charge in [-0.1, -0.05) is 54.4 Å². The maximum absolute atomic E-state index is 14.0. The van der Waals surface area contributed by atoms with Gasteiger partial charge in [0, 0.05) is 105 Å². The Hall–Kier alpha value is -4.83. The number of hydrogen-bond donors (Lipinski definition) is 3. The summed E-state index contributed by atoms with van der Waals surface area (Å²) >= 11 is 7.63. The Morgan fingerprint density at radius 1 is 0.849 bits per heavy atom. The van der Waals surface area contributed by atoms with Crippen molar-refractivity contribution in [3.05, 3.63) is 119 Å². The Bertz CT molecular complexity index is 2820. The van der Waals surface area contributed by atoms with Gasteiger partial charge in [0.15, 0.2) is 0 Å². The highest BCUT2D eigenvalue weighted by Gasteiger charge is 2.48. The number of aliphatic hydroxyl groups is 1. The van der Waals surface area contributed by atoms with Crippen LogP contribution in [0.5, 0.6) is 0 Å². The molecule has 2 aliphatic heterocycles. The van der Waals surface area contributed by atoms with Gasteiger partial charge in [0.2, 0.25) is 0 Å². The van der Waals surface area contributed by atoms with E-state index in [1.807, 2.05) is 55.8 Å². The lowest BCUT2D eigenvalue weighted by molar-refractivity contribution is -0.0436. The second-order valence-electron chi connectivity index (χ2n) is 20.1. The van der Waals surface area contributed by atoms with Crippen LogP contribution in [0.1, 0.15) is 69.3 Å². The van der Waals surface area contributed by atoms with Crippen molar-refractivity contribution in [3.63, 3.8) is 0 Å². The number of hydrogen-bond acceptors (Lipinski definition) is 13. The van der Waals surface area contributed by atoms with Crippen LogP contribution in [0.2, 0.25) is 5.02 Å². The van der Waals surface area contributed by atoms with Crippen LogP contribution < -0.4 is 14.9 Å². The van der Waals surface area contributed by atoms with Crippen molar-refractivity contribution in [2.45, 2.75) is 85.2 Å². The Morgan fingerprint density at radius 2 is 1.49 bits per heavy atom. The zero-order valence-electron chi connectivity index (χ0n) is 41.5. The van der Waals surface area contributed by atoms with Gasteiger partial charge in [-0.3, -0.25) is 14.6 Å². The molecule has 3 N–H and O–H groups in total. The van der Waals surface area contributed by atoms with Gasteiger partial charge < -0.3 is 25.0 Å². The van der Waals surface area contributed by atoms with Crippen molar-refractivity contribution in [2.75, 3.05) is 88.0 Å². The van der Waals surface area contributed by atoms with Gasteiger partial charge in [0.05, 0.1) is 10.6 Å². The number of anilines is 2. The standard InChI is InChI=1S/C52H64ClF3N6O8S3/c1-50(2,3)70-49(65)62-29-25-60(26-30-62)36-51(4)22-20-45(37-10-14-40(53)15-11-37)39(33-51)34-59-23-27-61(28-24-59)42-16-12-38(13-17-42)48(64)58-73(68,69)44-18-19-46(47(32-44)72(66,67)52(54,55)56)57-41(21-31-63)35-71-43-8-6-5-7-9-43/h5-19,32,41,57,63H,20-31,33-36H2,1-4H3,(H,58,64). The van der Waals surface area contributed by atoms with E-state index in [0.29, 0.717) is 37.3 Å². The van der Waals surface area contributed by atoms with Crippen LogP contribution >= 0.6 is 23.4 Å². The molecule has 0 spiro atoms. The smallest absolute Gasteiger partial charge is 0.444 e. The fourth-order valence-corrected chi connectivity index (χ4v) is 12.6. The second-order valence-corrected chi connectivity index (χ2v) is 25.3. The van der Waals surface area contributed by atoms with E-state index in [1.54, 1.807) is 29.2 Å². The number of ether oxygens (including phenoxy) is 1. The molecule has 2 amide bonds. The summed E-state index contributed by atoms with van der Waals surface area (Å²) in [7, 11) is -11.0. The number of carbonyl (C=O) groups is 2. The van der Waals surface area contributed by atoms with E-state index < -0.39 is 58.4 Å². The minimum Gasteiger partial charge on any atom is -0.444 e. The minimum atomic E-state index is -6.09. The molecule has 396 valence electrons. The average molecular weight is 1090 g/mol. The number of alkyl halides is 3. The van der Waals surface area contributed by atoms with Gasteiger partial charge >= 0.3 is 11.6 Å². The van der Waals surface area contributed by atoms with Crippen molar-refractivity contribution >= 4 is 72.2 Å². The number of allylic oxidation sites excluding steroid dienone is 1. The third-order valence-electron chi connectivity index (χ3n) is 13.3. The number of sulfonamides is 1. The van der Waals surface area contributed by atoms with E-state index in [0.717, 1.165) is 81.2 Å². The summed E-state index contributed by atoms with van der Waals surface area (Å²) in [5.41, 5.74) is -2.12. The number of piperazine rings is 2. The lowest BCUT2D eigenvalue weighted by atomic mass is 9.71. The Morgan fingerprint density at radius 3 is 2.11 bits per heavy atom. The van der Waals surface area contributed by atoms with Crippen LogP contribution in [-0.4, -0.2) is 144 Å². The predicted octanol–water partition coefficient (Wildman–Crippen LogP) is 9.03. The molecule has 21 heteroatoms. The number of sulfone groups is 1. The molecular weight excluding hydrogens is 1030 g/mol. The molecule has 0 bridgehead atoms. The number of halogens is 4. The highest BCUT2D eigenvalue weighted by atomic mass is 35.5. The van der Waals surface area contributed by atoms with E-state index in [1.165, 1.54) is 40.6 Å². The minimum absolute atomic E-state index is 0.0283. The number of nitrogens with zero attached hydrogens (tertiary/aromatic N) is 4. The third-order valence-corrected chi connectivity index (χ3v) is 17.5. The molecule has 4 aromatic rings. The van der Waals surface area contributed by atoms with Crippen LogP contribution in [0.15, 0.2) is 117 Å². The van der Waals surface area contributed by atoms with Crippen LogP contribution in [0.25, 0.3) is 5.57 Å². The Balaban J connectivity index is 0.979. The van der Waals surface area contributed by atoms with Gasteiger partial charge in [-0.2, -0.15) is 13.2 Å². The largest absolute Gasteiger partial charge is 0.501 e. The maximum atomic E-state index is 14.0. The second kappa shape index (κ2) is 23.4. The van der Waals surface area contributed by atoms with Gasteiger partial charge in [0.1, 0.15) is 10.5 Å². The molecule has 2 atom stereocenters. The summed E-state index contributed by atoms with van der Waals surface area (Å²) in [5, 5.41) is 13.1. The van der Waals surface area contributed by atoms with E-state index in [2.05, 4.69) is 39.1 Å². The van der Waals surface area contributed by atoms with Crippen LogP contribution in [-0.2, 0) is 24.6 Å². The monoisotopic (exact) mass is 1090 g/mol. The van der Waals surface area contributed by atoms with Crippen molar-refractivity contribution in [2.24, 2.45) is 5.41 Å². The molecule has 2 unspecified atom stereocenters. The topological polar surface area (TPSA) is 169 Å². The number of amides is 2. The number of aliphatic hydroxyl groups excluding tert-OH is 1. The normalized spacial score (nSPS) is 19.1. The lowest BCUT2D eigenvalue weighted by Gasteiger charge is -2.44. The molecular formula is C52H64ClF3N6O8S3. The van der Waals surface area contributed by atoms with E-state index >= 15 is 0 Å². The van der Waals surface area contributed by atoms with Crippen molar-refractivity contribution in [3.8, 4) is 0 Å². The maximum Gasteiger partial charge on any atom is 0.501 e. The molecule has 1 aliphatic carbocycles. The van der Waals surface area contributed by atoms with Gasteiger partial charge in [0.25, 0.3) is 25.8 Å². The van der Waals surface area contributed by atoms with Crippen LogP contribution in [0, 0.1) is 5.41 Å². The number of nitrogens with one attached hydrogen (secondary N) is 2. The highest BCUT2D eigenvalue weighted by molar-refractivity contribution is 7.99. The number of thioether (sulfide) groups is 1. The zero-order valence-corrected chi connectivity index (χ0v) is 44.7. The first kappa shape index (κ1) is 55.9. The lowest BCUT2D eigenvalue weighted by Crippen LogP contribution is -2.52. The van der Waals surface area contributed by atoms with E-state index in [-0.39, 0.29) is 35.9 Å². The molecule has 2 saturated heterocycles. The molecule has 73 heavy (non-hydrogen) atoms. The molecule has 0 radical (unpaired) electrons. The summed E-state index contributed by atoms with van der Waals surface area (Å²) in [6.45, 7) is 15.0. The fraction of sp³-hybridized carbons (Fsp3) is 0.462. The van der Waals surface area contributed by atoms with Crippen LogP contribution in [0.3, 0.4) is 0 Å². The predicted molar refractivity (Wildman–Crippen MR) is 280 cm³/mol. The first-order chi connectivity index (χ1) is 34.4. The van der Waals surface area contributed by atoms with Crippen molar-refractivity contribution in [1.29, 1.82) is 0 Å². The number of benzene rings is 4. The molecule has 7 rings (SSSR count). The Labute approximate surface area is 436 Å². The molecule has 0 saturated carbocycles. The quantitative estimate of drug-likeness (QED) is 0.0858. The summed E-state index contributed by atoms with van der Waals surface area (Å²) in [6, 6.07) is 24.9. The summed E-state index contributed by atoms with van der Waals surface area (Å²) in [6.07, 6.45) is 2.65. The fourth-order valence-electron chi connectivity index (χ4n) is 9.47. The summed E-state index contributed by atoms with van der Waals surface area (Å²) in [4.78, 5) is 33.6. The molecule has 2 heterocycles. The van der Waals surface area contributed by atoms with Crippen LogP contribution in [0.4, 0.5) is 29.3 Å². The molecule has 2 fully saturated rings. The first-order valence-electron chi connectivity index (χ1n) is 24.2. The van der Waals surface area contributed by atoms with Crippen molar-refractivity contribution in [1.82, 2.24) is 19.4 Å². The third kappa shape index (κ3) is 14.7. The SMILES string of the molecule is CC1(CN2CCN(C(=O)OC(C)(C)C)CC2)CCC(c2ccc(Cl)cc2)=C(CN2CCN(c3ccc(C(=O)NS(=O)(=O)c4ccc(NC(CCO)CSc5ccccc5)c(S(=O)(=O)C(F)(F)F)c4)cc3)CC2)C1. The average Bonchev–Trinajstić information content (AvgIpc) is 3.33. The van der Waals surface area contributed by atoms with Gasteiger partial charge in [-0.05, 0) is 130 Å². The van der Waals surface area contributed by atoms with Gasteiger partial charge in [-0.15, -0.1) is 11.8 Å². The Kier molecular flexibility index (Phi) is 17.9. The molecule has 4 aromatic carbocycles. The molecule has 14 nitrogen and oxygen atoms in total.